The van der Waals surface area contributed by atoms with Crippen molar-refractivity contribution in [3.63, 3.8) is 0 Å². The van der Waals surface area contributed by atoms with E-state index in [0.29, 0.717) is 5.92 Å². The summed E-state index contributed by atoms with van der Waals surface area (Å²) in [4.78, 5) is 4.75. The fourth-order valence-corrected chi connectivity index (χ4v) is 3.52. The van der Waals surface area contributed by atoms with Crippen molar-refractivity contribution in [2.75, 3.05) is 0 Å². The number of hydrogen-bond donors (Lipinski definition) is 1. The summed E-state index contributed by atoms with van der Waals surface area (Å²) in [5.41, 5.74) is 8.19. The van der Waals surface area contributed by atoms with Crippen LogP contribution < -0.4 is 5.73 Å². The third kappa shape index (κ3) is 2.82. The van der Waals surface area contributed by atoms with Crippen LogP contribution in [0.3, 0.4) is 0 Å². The van der Waals surface area contributed by atoms with Crippen molar-refractivity contribution >= 4 is 11.0 Å². The molecule has 2 unspecified atom stereocenters. The van der Waals surface area contributed by atoms with Gasteiger partial charge in [-0.3, -0.25) is 0 Å². The van der Waals surface area contributed by atoms with E-state index in [1.807, 2.05) is 6.07 Å². The van der Waals surface area contributed by atoms with Gasteiger partial charge in [0.1, 0.15) is 11.6 Å². The highest BCUT2D eigenvalue weighted by Crippen LogP contribution is 2.32. The zero-order chi connectivity index (χ0) is 14.8. The Morgan fingerprint density at radius 2 is 2.10 bits per heavy atom. The van der Waals surface area contributed by atoms with Gasteiger partial charge in [0.05, 0.1) is 11.0 Å². The minimum absolute atomic E-state index is 0.171. The van der Waals surface area contributed by atoms with E-state index < -0.39 is 0 Å². The molecule has 2 aromatic rings. The molecular weight excluding hydrogens is 265 g/mol. The third-order valence-electron chi connectivity index (χ3n) is 4.59. The number of hydrogen-bond acceptors (Lipinski definition) is 2. The van der Waals surface area contributed by atoms with Crippen LogP contribution in [0.15, 0.2) is 18.2 Å². The molecule has 1 aromatic carbocycles. The molecule has 1 saturated carbocycles. The van der Waals surface area contributed by atoms with E-state index in [4.69, 9.17) is 10.7 Å². The molecule has 0 spiro atoms. The van der Waals surface area contributed by atoms with Crippen molar-refractivity contribution in [2.45, 2.75) is 64.0 Å². The first-order chi connectivity index (χ1) is 10.2. The molecule has 0 saturated heterocycles. The lowest BCUT2D eigenvalue weighted by Crippen LogP contribution is -2.29. The summed E-state index contributed by atoms with van der Waals surface area (Å²) >= 11 is 0. The topological polar surface area (TPSA) is 43.8 Å². The van der Waals surface area contributed by atoms with Gasteiger partial charge in [-0.15, -0.1) is 0 Å². The van der Waals surface area contributed by atoms with Gasteiger partial charge < -0.3 is 10.3 Å². The lowest BCUT2D eigenvalue weighted by molar-refractivity contribution is 0.463. The number of aryl methyl sites for hydroxylation is 1. The number of benzene rings is 1. The van der Waals surface area contributed by atoms with Crippen molar-refractivity contribution in [1.29, 1.82) is 0 Å². The summed E-state index contributed by atoms with van der Waals surface area (Å²) < 4.78 is 15.7. The molecule has 0 radical (unpaired) electrons. The average molecular weight is 289 g/mol. The third-order valence-corrected chi connectivity index (χ3v) is 4.59. The second kappa shape index (κ2) is 6.14. The van der Waals surface area contributed by atoms with Gasteiger partial charge in [0.15, 0.2) is 0 Å². The molecule has 0 amide bonds. The van der Waals surface area contributed by atoms with Crippen molar-refractivity contribution in [3.8, 4) is 0 Å². The van der Waals surface area contributed by atoms with Gasteiger partial charge in [0.25, 0.3) is 0 Å². The minimum atomic E-state index is -0.222. The molecule has 3 nitrogen and oxygen atoms in total. The quantitative estimate of drug-likeness (QED) is 0.869. The summed E-state index contributed by atoms with van der Waals surface area (Å²) in [5, 5.41) is 0. The van der Waals surface area contributed by atoms with Gasteiger partial charge in [-0.05, 0) is 31.4 Å². The molecule has 1 aliphatic rings. The number of imidazole rings is 1. The smallest absolute Gasteiger partial charge is 0.125 e. The molecule has 4 heteroatoms. The molecule has 2 N–H and O–H groups in total. The van der Waals surface area contributed by atoms with Crippen LogP contribution in [0.4, 0.5) is 4.39 Å². The van der Waals surface area contributed by atoms with Crippen molar-refractivity contribution in [3.05, 3.63) is 29.8 Å². The first-order valence-corrected chi connectivity index (χ1v) is 8.12. The Morgan fingerprint density at radius 3 is 2.90 bits per heavy atom. The molecule has 1 fully saturated rings. The molecule has 114 valence electrons. The van der Waals surface area contributed by atoms with Crippen LogP contribution in [0.5, 0.6) is 0 Å². The molecule has 21 heavy (non-hydrogen) atoms. The molecule has 2 atom stereocenters. The minimum Gasteiger partial charge on any atom is -0.328 e. The predicted molar refractivity (Wildman–Crippen MR) is 83.8 cm³/mol. The Morgan fingerprint density at radius 1 is 1.29 bits per heavy atom. The maximum atomic E-state index is 13.5. The van der Waals surface area contributed by atoms with Gasteiger partial charge in [-0.25, -0.2) is 9.37 Å². The molecule has 1 aromatic heterocycles. The van der Waals surface area contributed by atoms with Crippen molar-refractivity contribution < 1.29 is 4.39 Å². The van der Waals surface area contributed by atoms with Crippen LogP contribution in [0.1, 0.15) is 57.2 Å². The Balaban J connectivity index is 2.08. The fraction of sp³-hybridized carbons (Fsp3) is 0.588. The van der Waals surface area contributed by atoms with E-state index in [1.54, 1.807) is 0 Å². The Hall–Kier alpha value is -1.42. The van der Waals surface area contributed by atoms with Crippen LogP contribution in [0.2, 0.25) is 0 Å². The lowest BCUT2D eigenvalue weighted by atomic mass is 9.94. The Kier molecular flexibility index (Phi) is 4.24. The summed E-state index contributed by atoms with van der Waals surface area (Å²) in [6, 6.07) is 5.07. The number of nitrogens with two attached hydrogens (primary N) is 1. The van der Waals surface area contributed by atoms with Crippen LogP contribution >= 0.6 is 0 Å². The maximum Gasteiger partial charge on any atom is 0.125 e. The number of rotatable bonds is 3. The zero-order valence-corrected chi connectivity index (χ0v) is 12.7. The average Bonchev–Trinajstić information content (AvgIpc) is 2.65. The largest absolute Gasteiger partial charge is 0.328 e. The highest BCUT2D eigenvalue weighted by Gasteiger charge is 2.27. The van der Waals surface area contributed by atoms with E-state index >= 15 is 0 Å². The molecule has 1 aliphatic carbocycles. The van der Waals surface area contributed by atoms with E-state index in [9.17, 15) is 4.39 Å². The van der Waals surface area contributed by atoms with Crippen molar-refractivity contribution in [2.24, 2.45) is 5.73 Å². The molecule has 3 rings (SSSR count). The second-order valence-electron chi connectivity index (χ2n) is 6.16. The molecule has 1 heterocycles. The summed E-state index contributed by atoms with van der Waals surface area (Å²) in [5.74, 6) is 1.14. The standard InChI is InChI=1S/C17H24FN3/c1-2-10-21-16-9-8-12(18)11-15(16)20-17(21)13-6-4-3-5-7-14(13)19/h8-9,11,13-14H,2-7,10,19H2,1H3. The number of fused-ring (bicyclic) bond motifs is 1. The number of halogens is 1. The van der Waals surface area contributed by atoms with Crippen LogP contribution in [-0.4, -0.2) is 15.6 Å². The normalized spacial score (nSPS) is 23.4. The summed E-state index contributed by atoms with van der Waals surface area (Å²) in [6.07, 6.45) is 6.87. The Labute approximate surface area is 125 Å². The Bertz CT molecular complexity index is 620. The summed E-state index contributed by atoms with van der Waals surface area (Å²) in [7, 11) is 0. The lowest BCUT2D eigenvalue weighted by Gasteiger charge is -2.22. The first kappa shape index (κ1) is 14.5. The number of aromatic nitrogens is 2. The highest BCUT2D eigenvalue weighted by atomic mass is 19.1. The zero-order valence-electron chi connectivity index (χ0n) is 12.7. The number of nitrogens with zero attached hydrogens (tertiary/aromatic N) is 2. The highest BCUT2D eigenvalue weighted by molar-refractivity contribution is 5.76. The van der Waals surface area contributed by atoms with Gasteiger partial charge in [0.2, 0.25) is 0 Å². The van der Waals surface area contributed by atoms with Gasteiger partial charge in [-0.2, -0.15) is 0 Å². The molecular formula is C17H24FN3. The fourth-order valence-electron chi connectivity index (χ4n) is 3.52. The molecule has 0 aliphatic heterocycles. The van der Waals surface area contributed by atoms with Crippen LogP contribution in [-0.2, 0) is 6.54 Å². The second-order valence-corrected chi connectivity index (χ2v) is 6.16. The van der Waals surface area contributed by atoms with Gasteiger partial charge in [0, 0.05) is 24.6 Å². The predicted octanol–water partition coefficient (Wildman–Crippen LogP) is 3.96. The van der Waals surface area contributed by atoms with E-state index in [2.05, 4.69) is 11.5 Å². The monoisotopic (exact) mass is 289 g/mol. The van der Waals surface area contributed by atoms with Crippen LogP contribution in [0, 0.1) is 5.82 Å². The SMILES string of the molecule is CCCn1c(C2CCCCCC2N)nc2cc(F)ccc21. The summed E-state index contributed by atoms with van der Waals surface area (Å²) in [6.45, 7) is 3.08. The van der Waals surface area contributed by atoms with E-state index in [0.717, 1.165) is 42.7 Å². The first-order valence-electron chi connectivity index (χ1n) is 8.12. The van der Waals surface area contributed by atoms with Crippen molar-refractivity contribution in [1.82, 2.24) is 9.55 Å². The maximum absolute atomic E-state index is 13.5. The van der Waals surface area contributed by atoms with Gasteiger partial charge >= 0.3 is 0 Å². The molecule has 0 bridgehead atoms. The van der Waals surface area contributed by atoms with Crippen LogP contribution in [0.25, 0.3) is 11.0 Å². The van der Waals surface area contributed by atoms with Gasteiger partial charge in [-0.1, -0.05) is 26.2 Å². The van der Waals surface area contributed by atoms with E-state index in [1.165, 1.54) is 31.4 Å². The van der Waals surface area contributed by atoms with E-state index in [-0.39, 0.29) is 11.9 Å².